The highest BCUT2D eigenvalue weighted by atomic mass is 35.5. The molecule has 1 unspecified atom stereocenters. The van der Waals surface area contributed by atoms with Gasteiger partial charge in [-0.15, -0.1) is 0 Å². The van der Waals surface area contributed by atoms with Gasteiger partial charge in [0, 0.05) is 21.2 Å². The summed E-state index contributed by atoms with van der Waals surface area (Å²) in [7, 11) is 0. The number of hydrogen-bond donors (Lipinski definition) is 1. The van der Waals surface area contributed by atoms with E-state index >= 15 is 0 Å². The summed E-state index contributed by atoms with van der Waals surface area (Å²) >= 11 is 12.1. The number of nitrogens with zero attached hydrogens (tertiary/aromatic N) is 1. The van der Waals surface area contributed by atoms with Gasteiger partial charge in [-0.2, -0.15) is 0 Å². The predicted octanol–water partition coefficient (Wildman–Crippen LogP) is 3.83. The summed E-state index contributed by atoms with van der Waals surface area (Å²) in [5, 5.41) is 3.82. The van der Waals surface area contributed by atoms with Crippen molar-refractivity contribution in [2.45, 2.75) is 25.6 Å². The van der Waals surface area contributed by atoms with E-state index in [2.05, 4.69) is 5.32 Å². The van der Waals surface area contributed by atoms with E-state index in [1.165, 1.54) is 4.90 Å². The van der Waals surface area contributed by atoms with Crippen LogP contribution in [0.15, 0.2) is 36.4 Å². The van der Waals surface area contributed by atoms with Gasteiger partial charge >= 0.3 is 6.03 Å². The SMILES string of the molecule is CC1(c2ccc(Cl)cc2)NC(=O)N(Cc2cc(Cl)cc3c2OCOC3)C1=O. The molecule has 0 saturated carbocycles. The molecule has 2 aliphatic rings. The number of nitrogens with one attached hydrogen (secondary N) is 1. The first kappa shape index (κ1) is 18.1. The first-order valence-corrected chi connectivity index (χ1v) is 9.06. The summed E-state index contributed by atoms with van der Waals surface area (Å²) in [5.74, 6) is 0.252. The summed E-state index contributed by atoms with van der Waals surface area (Å²) in [6, 6.07) is 9.81. The highest BCUT2D eigenvalue weighted by Crippen LogP contribution is 2.35. The van der Waals surface area contributed by atoms with Gasteiger partial charge in [-0.25, -0.2) is 4.79 Å². The summed E-state index contributed by atoms with van der Waals surface area (Å²) in [6.07, 6.45) is 0. The van der Waals surface area contributed by atoms with Crippen LogP contribution in [0, 0.1) is 0 Å². The number of imide groups is 1. The number of ether oxygens (including phenoxy) is 2. The van der Waals surface area contributed by atoms with Crippen LogP contribution in [-0.2, 0) is 28.2 Å². The lowest BCUT2D eigenvalue weighted by Gasteiger charge is -2.24. The molecule has 2 heterocycles. The Bertz CT molecular complexity index is 932. The second-order valence-corrected chi connectivity index (χ2v) is 7.49. The summed E-state index contributed by atoms with van der Waals surface area (Å²) in [6.45, 7) is 2.21. The molecule has 0 radical (unpaired) electrons. The molecule has 8 heteroatoms. The zero-order valence-corrected chi connectivity index (χ0v) is 15.9. The van der Waals surface area contributed by atoms with E-state index in [1.54, 1.807) is 43.3 Å². The summed E-state index contributed by atoms with van der Waals surface area (Å²) in [5.41, 5.74) is 0.941. The topological polar surface area (TPSA) is 67.9 Å². The maximum Gasteiger partial charge on any atom is 0.325 e. The molecule has 1 saturated heterocycles. The van der Waals surface area contributed by atoms with E-state index in [0.717, 1.165) is 5.56 Å². The van der Waals surface area contributed by atoms with Gasteiger partial charge < -0.3 is 14.8 Å². The van der Waals surface area contributed by atoms with Gasteiger partial charge in [-0.1, -0.05) is 35.3 Å². The molecule has 2 aromatic carbocycles. The zero-order valence-electron chi connectivity index (χ0n) is 14.4. The molecule has 6 nitrogen and oxygen atoms in total. The summed E-state index contributed by atoms with van der Waals surface area (Å²) in [4.78, 5) is 26.8. The lowest BCUT2D eigenvalue weighted by atomic mass is 9.92. The normalized spacial score (nSPS) is 21.7. The molecule has 2 aliphatic heterocycles. The van der Waals surface area contributed by atoms with E-state index in [0.29, 0.717) is 33.5 Å². The minimum Gasteiger partial charge on any atom is -0.467 e. The van der Waals surface area contributed by atoms with Crippen LogP contribution in [0.25, 0.3) is 0 Å². The fourth-order valence-corrected chi connectivity index (χ4v) is 3.75. The number of hydrogen-bond acceptors (Lipinski definition) is 4. The molecule has 0 spiro atoms. The molecule has 140 valence electrons. The van der Waals surface area contributed by atoms with Crippen molar-refractivity contribution in [1.82, 2.24) is 10.2 Å². The highest BCUT2D eigenvalue weighted by molar-refractivity contribution is 6.31. The second kappa shape index (κ2) is 6.71. The van der Waals surface area contributed by atoms with Crippen LogP contribution in [0.2, 0.25) is 10.0 Å². The van der Waals surface area contributed by atoms with E-state index < -0.39 is 11.6 Å². The van der Waals surface area contributed by atoms with Crippen LogP contribution in [0.3, 0.4) is 0 Å². The Morgan fingerprint density at radius 1 is 1.15 bits per heavy atom. The molecule has 2 aromatic rings. The van der Waals surface area contributed by atoms with Crippen molar-refractivity contribution in [1.29, 1.82) is 0 Å². The average molecular weight is 407 g/mol. The van der Waals surface area contributed by atoms with Crippen molar-refractivity contribution < 1.29 is 19.1 Å². The van der Waals surface area contributed by atoms with E-state index in [-0.39, 0.29) is 19.2 Å². The third kappa shape index (κ3) is 3.14. The van der Waals surface area contributed by atoms with Crippen LogP contribution >= 0.6 is 23.2 Å². The molecule has 1 N–H and O–H groups in total. The zero-order chi connectivity index (χ0) is 19.2. The maximum absolute atomic E-state index is 13.1. The molecule has 0 bridgehead atoms. The van der Waals surface area contributed by atoms with Gasteiger partial charge in [0.05, 0.1) is 13.2 Å². The predicted molar refractivity (Wildman–Crippen MR) is 99.6 cm³/mol. The van der Waals surface area contributed by atoms with Crippen LogP contribution < -0.4 is 10.1 Å². The van der Waals surface area contributed by atoms with Crippen LogP contribution in [0.5, 0.6) is 5.75 Å². The Labute approximate surface area is 165 Å². The van der Waals surface area contributed by atoms with Crippen molar-refractivity contribution in [3.63, 3.8) is 0 Å². The highest BCUT2D eigenvalue weighted by Gasteiger charge is 2.49. The Balaban J connectivity index is 1.66. The summed E-state index contributed by atoms with van der Waals surface area (Å²) < 4.78 is 10.8. The maximum atomic E-state index is 13.1. The number of fused-ring (bicyclic) bond motifs is 1. The van der Waals surface area contributed by atoms with Gasteiger partial charge in [0.2, 0.25) is 0 Å². The van der Waals surface area contributed by atoms with E-state index in [1.807, 2.05) is 0 Å². The van der Waals surface area contributed by atoms with Gasteiger partial charge in [0.15, 0.2) is 6.79 Å². The van der Waals surface area contributed by atoms with Crippen LogP contribution in [0.1, 0.15) is 23.6 Å². The quantitative estimate of drug-likeness (QED) is 0.786. The Morgan fingerprint density at radius 2 is 1.89 bits per heavy atom. The Kier molecular flexibility index (Phi) is 4.50. The molecule has 1 atom stereocenters. The smallest absolute Gasteiger partial charge is 0.325 e. The number of amides is 3. The first-order valence-electron chi connectivity index (χ1n) is 8.30. The number of urea groups is 1. The monoisotopic (exact) mass is 406 g/mol. The molecule has 0 aliphatic carbocycles. The van der Waals surface area contributed by atoms with Crippen molar-refractivity contribution in [3.8, 4) is 5.75 Å². The molecule has 3 amide bonds. The number of rotatable bonds is 3. The fourth-order valence-electron chi connectivity index (χ4n) is 3.36. The number of benzene rings is 2. The van der Waals surface area contributed by atoms with E-state index in [9.17, 15) is 9.59 Å². The minimum atomic E-state index is -1.16. The van der Waals surface area contributed by atoms with Gasteiger partial charge in [0.1, 0.15) is 11.3 Å². The molecule has 4 rings (SSSR count). The van der Waals surface area contributed by atoms with Gasteiger partial charge in [-0.3, -0.25) is 9.69 Å². The lowest BCUT2D eigenvalue weighted by molar-refractivity contribution is -0.131. The standard InChI is InChI=1S/C19H16Cl2N2O4/c1-19(13-2-4-14(20)5-3-13)17(24)23(18(25)22-19)8-11-6-15(21)7-12-9-26-10-27-16(11)12/h2-7H,8-10H2,1H3,(H,22,25). The molecular formula is C19H16Cl2N2O4. The van der Waals surface area contributed by atoms with Crippen molar-refractivity contribution in [2.75, 3.05) is 6.79 Å². The molecule has 27 heavy (non-hydrogen) atoms. The Hall–Kier alpha value is -2.28. The second-order valence-electron chi connectivity index (χ2n) is 6.62. The van der Waals surface area contributed by atoms with Crippen molar-refractivity contribution >= 4 is 35.1 Å². The first-order chi connectivity index (χ1) is 12.9. The number of carbonyl (C=O) groups excluding carboxylic acids is 2. The largest absolute Gasteiger partial charge is 0.467 e. The van der Waals surface area contributed by atoms with E-state index in [4.69, 9.17) is 32.7 Å². The lowest BCUT2D eigenvalue weighted by Crippen LogP contribution is -2.40. The van der Waals surface area contributed by atoms with Crippen LogP contribution in [-0.4, -0.2) is 23.6 Å². The fraction of sp³-hybridized carbons (Fsp3) is 0.263. The third-order valence-corrected chi connectivity index (χ3v) is 5.25. The van der Waals surface area contributed by atoms with Crippen molar-refractivity contribution in [2.24, 2.45) is 0 Å². The van der Waals surface area contributed by atoms with Gasteiger partial charge in [-0.05, 0) is 36.8 Å². The molecular weight excluding hydrogens is 391 g/mol. The Morgan fingerprint density at radius 3 is 2.63 bits per heavy atom. The number of halogens is 2. The van der Waals surface area contributed by atoms with Crippen molar-refractivity contribution in [3.05, 3.63) is 63.1 Å². The average Bonchev–Trinajstić information content (AvgIpc) is 2.86. The minimum absolute atomic E-state index is 0.0523. The van der Waals surface area contributed by atoms with Gasteiger partial charge in [0.25, 0.3) is 5.91 Å². The molecule has 1 fully saturated rings. The third-order valence-electron chi connectivity index (χ3n) is 4.78. The van der Waals surface area contributed by atoms with Crippen LogP contribution in [0.4, 0.5) is 4.79 Å². The molecule has 0 aromatic heterocycles. The number of carbonyl (C=O) groups is 2.